The number of piperazine rings is 1. The van der Waals surface area contributed by atoms with E-state index in [0.717, 1.165) is 19.7 Å². The molecule has 0 N–H and O–H groups in total. The average molecular weight is 603 g/mol. The second-order valence-corrected chi connectivity index (χ2v) is 18.1. The largest absolute Gasteiger partial charge is 0.243 e. The van der Waals surface area contributed by atoms with Gasteiger partial charge in [-0.25, -0.2) is 33.7 Å². The van der Waals surface area contributed by atoms with Gasteiger partial charge in [0.15, 0.2) is 19.7 Å². The maximum atomic E-state index is 14.0. The van der Waals surface area contributed by atoms with Crippen molar-refractivity contribution in [3.8, 4) is 0 Å². The summed E-state index contributed by atoms with van der Waals surface area (Å²) in [6.45, 7) is 3.84. The summed E-state index contributed by atoms with van der Waals surface area (Å²) in [5, 5.41) is 0. The molecule has 3 fully saturated rings. The van der Waals surface area contributed by atoms with Gasteiger partial charge >= 0.3 is 0 Å². The van der Waals surface area contributed by atoms with E-state index in [2.05, 4.69) is 0 Å². The Hall–Kier alpha value is -1.84. The molecule has 2 aromatic carbocycles. The van der Waals surface area contributed by atoms with Gasteiger partial charge in [-0.2, -0.15) is 8.61 Å². The summed E-state index contributed by atoms with van der Waals surface area (Å²) in [5.41, 5.74) is 1.80. The monoisotopic (exact) mass is 602 g/mol. The molecule has 0 spiro atoms. The van der Waals surface area contributed by atoms with Crippen molar-refractivity contribution in [2.75, 3.05) is 23.0 Å². The number of nitrogens with zero attached hydrogens (tertiary/aromatic N) is 2. The van der Waals surface area contributed by atoms with E-state index in [0.29, 0.717) is 12.8 Å². The van der Waals surface area contributed by atoms with Crippen LogP contribution < -0.4 is 0 Å². The van der Waals surface area contributed by atoms with Crippen molar-refractivity contribution in [1.29, 1.82) is 0 Å². The highest BCUT2D eigenvalue weighted by molar-refractivity contribution is 7.93. The first-order valence-electron chi connectivity index (χ1n) is 12.4. The van der Waals surface area contributed by atoms with Crippen molar-refractivity contribution in [3.05, 3.63) is 59.7 Å². The third-order valence-electron chi connectivity index (χ3n) is 7.71. The number of sulfonamides is 2. The van der Waals surface area contributed by atoms with E-state index in [4.69, 9.17) is 0 Å². The van der Waals surface area contributed by atoms with Gasteiger partial charge in [0.25, 0.3) is 0 Å². The van der Waals surface area contributed by atoms with Crippen LogP contribution in [0.15, 0.2) is 58.3 Å². The molecule has 14 heteroatoms. The van der Waals surface area contributed by atoms with Gasteiger partial charge < -0.3 is 0 Å². The van der Waals surface area contributed by atoms with Crippen LogP contribution in [-0.2, 0) is 52.6 Å². The smallest absolute Gasteiger partial charge is 0.229 e. The highest BCUT2D eigenvalue weighted by atomic mass is 32.2. The van der Waals surface area contributed by atoms with E-state index >= 15 is 0 Å². The SMILES string of the molecule is CCc1ccc(S(=O)(=O)N2[C@@H]3CS(=O)(=O)C[C@@H]3N(S(=O)(=O)c3ccc(CC)cc3)[C@@H]3CS(=O)(=O)C[C@@H]32)cc1. The van der Waals surface area contributed by atoms with Crippen LogP contribution in [0.25, 0.3) is 0 Å². The van der Waals surface area contributed by atoms with Crippen molar-refractivity contribution in [2.45, 2.75) is 60.6 Å². The number of aryl methyl sites for hydroxylation is 2. The molecule has 0 aromatic heterocycles. The Kier molecular flexibility index (Phi) is 6.84. The molecular weight excluding hydrogens is 573 g/mol. The molecular formula is C24H30N2O8S4. The lowest BCUT2D eigenvalue weighted by Crippen LogP contribution is -2.69. The lowest BCUT2D eigenvalue weighted by atomic mass is 10.0. The molecule has 4 atom stereocenters. The van der Waals surface area contributed by atoms with Crippen molar-refractivity contribution >= 4 is 39.7 Å². The van der Waals surface area contributed by atoms with Crippen LogP contribution in [-0.4, -0.2) is 89.5 Å². The molecule has 5 rings (SSSR count). The Morgan fingerprint density at radius 3 is 1.08 bits per heavy atom. The zero-order valence-corrected chi connectivity index (χ0v) is 24.2. The van der Waals surface area contributed by atoms with Crippen LogP contribution in [0.1, 0.15) is 25.0 Å². The van der Waals surface area contributed by atoms with Crippen molar-refractivity contribution < 1.29 is 33.7 Å². The number of hydrogen-bond acceptors (Lipinski definition) is 8. The molecule has 0 saturated carbocycles. The summed E-state index contributed by atoms with van der Waals surface area (Å²) in [4.78, 5) is -0.181. The maximum Gasteiger partial charge on any atom is 0.243 e. The highest BCUT2D eigenvalue weighted by Gasteiger charge is 2.63. The summed E-state index contributed by atoms with van der Waals surface area (Å²) in [5.74, 6) is -2.36. The number of benzene rings is 2. The molecule has 2 aromatic rings. The van der Waals surface area contributed by atoms with E-state index < -0.39 is 86.9 Å². The third-order valence-corrected chi connectivity index (χ3v) is 15.0. The Bertz CT molecular complexity index is 1500. The van der Waals surface area contributed by atoms with E-state index in [1.54, 1.807) is 24.3 Å². The standard InChI is InChI=1S/C24H30N2O8S4/c1-3-17-5-9-19(10-6-17)37(31,32)25-21-13-35(27,28)15-23(21)26(24-16-36(29,30)14-22(24)25)38(33,34)20-11-7-18(4-2)8-12-20/h5-12,21-24H,3-4,13-16H2,1-2H3/t21-,22+,23+,24-. The molecule has 0 bridgehead atoms. The fourth-order valence-electron chi connectivity index (χ4n) is 5.84. The number of sulfone groups is 2. The minimum Gasteiger partial charge on any atom is -0.229 e. The molecule has 38 heavy (non-hydrogen) atoms. The van der Waals surface area contributed by atoms with Crippen LogP contribution in [0.2, 0.25) is 0 Å². The van der Waals surface area contributed by atoms with Crippen LogP contribution in [0.4, 0.5) is 0 Å². The summed E-state index contributed by atoms with van der Waals surface area (Å²) in [6.07, 6.45) is 1.37. The molecule has 3 saturated heterocycles. The number of hydrogen-bond donors (Lipinski definition) is 0. The lowest BCUT2D eigenvalue weighted by Gasteiger charge is -2.49. The first kappa shape index (κ1) is 27.7. The fraction of sp³-hybridized carbons (Fsp3) is 0.500. The second kappa shape index (κ2) is 9.37. The van der Waals surface area contributed by atoms with Gasteiger partial charge in [-0.3, -0.25) is 0 Å². The molecule has 10 nitrogen and oxygen atoms in total. The van der Waals surface area contributed by atoms with Crippen LogP contribution in [0.3, 0.4) is 0 Å². The average Bonchev–Trinajstić information content (AvgIpc) is 3.34. The predicted octanol–water partition coefficient (Wildman–Crippen LogP) is 0.838. The van der Waals surface area contributed by atoms with Crippen molar-refractivity contribution in [2.24, 2.45) is 0 Å². The van der Waals surface area contributed by atoms with Gasteiger partial charge in [0.1, 0.15) is 0 Å². The molecule has 0 radical (unpaired) electrons. The third kappa shape index (κ3) is 4.62. The fourth-order valence-corrected chi connectivity index (χ4v) is 13.8. The summed E-state index contributed by atoms with van der Waals surface area (Å²) in [7, 11) is -16.4. The van der Waals surface area contributed by atoms with Crippen molar-refractivity contribution in [1.82, 2.24) is 8.61 Å². The lowest BCUT2D eigenvalue weighted by molar-refractivity contribution is 0.0841. The minimum absolute atomic E-state index is 0.0905. The highest BCUT2D eigenvalue weighted by Crippen LogP contribution is 2.43. The summed E-state index contributed by atoms with van der Waals surface area (Å²) >= 11 is 0. The van der Waals surface area contributed by atoms with Crippen molar-refractivity contribution in [3.63, 3.8) is 0 Å². The van der Waals surface area contributed by atoms with Gasteiger partial charge in [0.2, 0.25) is 20.0 Å². The van der Waals surface area contributed by atoms with E-state index in [-0.39, 0.29) is 9.79 Å². The Labute approximate surface area is 224 Å². The number of fused-ring (bicyclic) bond motifs is 2. The van der Waals surface area contributed by atoms with Gasteiger partial charge in [0.05, 0.1) is 57.0 Å². The van der Waals surface area contributed by atoms with Gasteiger partial charge in [0, 0.05) is 0 Å². The van der Waals surface area contributed by atoms with Gasteiger partial charge in [-0.05, 0) is 48.2 Å². The van der Waals surface area contributed by atoms with E-state index in [1.165, 1.54) is 24.3 Å². The zero-order valence-electron chi connectivity index (χ0n) is 21.0. The topological polar surface area (TPSA) is 143 Å². The summed E-state index contributed by atoms with van der Waals surface area (Å²) < 4.78 is 109. The Morgan fingerprint density at radius 2 is 0.842 bits per heavy atom. The van der Waals surface area contributed by atoms with Crippen LogP contribution in [0.5, 0.6) is 0 Å². The second-order valence-electron chi connectivity index (χ2n) is 10.1. The molecule has 0 aliphatic carbocycles. The Morgan fingerprint density at radius 1 is 0.579 bits per heavy atom. The van der Waals surface area contributed by atoms with Crippen LogP contribution >= 0.6 is 0 Å². The first-order valence-corrected chi connectivity index (χ1v) is 18.9. The normalized spacial score (nSPS) is 29.1. The predicted molar refractivity (Wildman–Crippen MR) is 142 cm³/mol. The number of rotatable bonds is 6. The molecule has 0 unspecified atom stereocenters. The zero-order chi connectivity index (χ0) is 27.7. The van der Waals surface area contributed by atoms with Gasteiger partial charge in [-0.1, -0.05) is 38.1 Å². The molecule has 3 aliphatic rings. The molecule has 208 valence electrons. The van der Waals surface area contributed by atoms with Crippen LogP contribution in [0, 0.1) is 0 Å². The maximum absolute atomic E-state index is 14.0. The molecule has 3 heterocycles. The minimum atomic E-state index is -4.36. The summed E-state index contributed by atoms with van der Waals surface area (Å²) in [6, 6.07) is 7.27. The molecule has 0 amide bonds. The van der Waals surface area contributed by atoms with E-state index in [9.17, 15) is 33.7 Å². The first-order chi connectivity index (χ1) is 17.7. The molecule has 3 aliphatic heterocycles. The van der Waals surface area contributed by atoms with E-state index in [1.807, 2.05) is 13.8 Å². The van der Waals surface area contributed by atoms with Gasteiger partial charge in [-0.15, -0.1) is 0 Å². The quantitative estimate of drug-likeness (QED) is 0.473. The Balaban J connectivity index is 1.67.